The third kappa shape index (κ3) is 3.58. The molecule has 0 aliphatic rings. The Bertz CT molecular complexity index is 755. The van der Waals surface area contributed by atoms with E-state index in [0.717, 1.165) is 32.5 Å². The Balaban J connectivity index is 1.62. The summed E-state index contributed by atoms with van der Waals surface area (Å²) in [6, 6.07) is 7.71. The molecule has 1 N–H and O–H groups in total. The van der Waals surface area contributed by atoms with Crippen molar-refractivity contribution in [1.82, 2.24) is 19.7 Å². The first-order valence-corrected chi connectivity index (χ1v) is 8.38. The molecule has 0 saturated heterocycles. The average molecular weight is 333 g/mol. The Morgan fingerprint density at radius 3 is 3.05 bits per heavy atom. The second kappa shape index (κ2) is 6.80. The summed E-state index contributed by atoms with van der Waals surface area (Å²) in [7, 11) is 3.63. The fourth-order valence-corrected chi connectivity index (χ4v) is 3.58. The maximum absolute atomic E-state index is 5.20. The molecule has 2 heterocycles. The van der Waals surface area contributed by atoms with Crippen molar-refractivity contribution in [3.8, 4) is 5.75 Å². The first-order chi connectivity index (χ1) is 10.7. The van der Waals surface area contributed by atoms with Gasteiger partial charge in [0.1, 0.15) is 11.6 Å². The minimum Gasteiger partial charge on any atom is -0.497 e. The SMILES string of the molecule is COc1cccc(Nc2nnc(SCc3nccn3C)s2)c1. The molecule has 3 rings (SSSR count). The van der Waals surface area contributed by atoms with E-state index in [-0.39, 0.29) is 0 Å². The number of methoxy groups -OCH3 is 1. The summed E-state index contributed by atoms with van der Waals surface area (Å²) in [5.74, 6) is 2.60. The van der Waals surface area contributed by atoms with Gasteiger partial charge in [0.2, 0.25) is 5.13 Å². The van der Waals surface area contributed by atoms with Gasteiger partial charge in [-0.15, -0.1) is 10.2 Å². The van der Waals surface area contributed by atoms with E-state index in [9.17, 15) is 0 Å². The zero-order valence-electron chi connectivity index (χ0n) is 12.2. The van der Waals surface area contributed by atoms with Crippen LogP contribution in [-0.2, 0) is 12.8 Å². The number of aryl methyl sites for hydroxylation is 1. The Morgan fingerprint density at radius 2 is 2.27 bits per heavy atom. The van der Waals surface area contributed by atoms with Gasteiger partial charge in [-0.3, -0.25) is 0 Å². The van der Waals surface area contributed by atoms with E-state index in [1.54, 1.807) is 25.1 Å². The number of benzene rings is 1. The van der Waals surface area contributed by atoms with Gasteiger partial charge in [-0.25, -0.2) is 4.98 Å². The molecule has 6 nitrogen and oxygen atoms in total. The molecule has 0 amide bonds. The maximum Gasteiger partial charge on any atom is 0.210 e. The molecule has 0 saturated carbocycles. The number of aromatic nitrogens is 4. The molecule has 0 spiro atoms. The van der Waals surface area contributed by atoms with E-state index >= 15 is 0 Å². The van der Waals surface area contributed by atoms with Gasteiger partial charge in [0.25, 0.3) is 0 Å². The molecule has 22 heavy (non-hydrogen) atoms. The van der Waals surface area contributed by atoms with Crippen molar-refractivity contribution in [2.45, 2.75) is 10.1 Å². The first-order valence-electron chi connectivity index (χ1n) is 6.58. The van der Waals surface area contributed by atoms with E-state index in [1.807, 2.05) is 42.1 Å². The second-order valence-electron chi connectivity index (χ2n) is 4.47. The van der Waals surface area contributed by atoms with Crippen LogP contribution in [-0.4, -0.2) is 26.9 Å². The molecule has 0 fully saturated rings. The molecular formula is C14H15N5OS2. The summed E-state index contributed by atoms with van der Waals surface area (Å²) in [6.07, 6.45) is 3.73. The van der Waals surface area contributed by atoms with E-state index in [1.165, 1.54) is 11.3 Å². The monoisotopic (exact) mass is 333 g/mol. The summed E-state index contributed by atoms with van der Waals surface area (Å²) in [6.45, 7) is 0. The topological polar surface area (TPSA) is 64.9 Å². The standard InChI is InChI=1S/C14H15N5OS2/c1-19-7-6-15-12(19)9-21-14-18-17-13(22-14)16-10-4-3-5-11(8-10)20-2/h3-8H,9H2,1-2H3,(H,16,17). The summed E-state index contributed by atoms with van der Waals surface area (Å²) in [4.78, 5) is 4.29. The molecule has 0 aliphatic carbocycles. The fraction of sp³-hybridized carbons (Fsp3) is 0.214. The van der Waals surface area contributed by atoms with Crippen LogP contribution in [0.3, 0.4) is 0 Å². The summed E-state index contributed by atoms with van der Waals surface area (Å²) >= 11 is 3.15. The van der Waals surface area contributed by atoms with Crippen LogP contribution < -0.4 is 10.1 Å². The highest BCUT2D eigenvalue weighted by Gasteiger charge is 2.07. The van der Waals surface area contributed by atoms with Crippen molar-refractivity contribution in [3.63, 3.8) is 0 Å². The van der Waals surface area contributed by atoms with Crippen LogP contribution in [0.2, 0.25) is 0 Å². The minimum atomic E-state index is 0.760. The largest absolute Gasteiger partial charge is 0.497 e. The zero-order chi connectivity index (χ0) is 15.4. The van der Waals surface area contributed by atoms with Gasteiger partial charge in [0, 0.05) is 31.2 Å². The first kappa shape index (κ1) is 14.9. The number of imidazole rings is 1. The molecule has 0 bridgehead atoms. The number of thioether (sulfide) groups is 1. The van der Waals surface area contributed by atoms with Crippen LogP contribution in [0.4, 0.5) is 10.8 Å². The van der Waals surface area contributed by atoms with Crippen molar-refractivity contribution in [3.05, 3.63) is 42.5 Å². The van der Waals surface area contributed by atoms with Gasteiger partial charge in [-0.2, -0.15) is 0 Å². The molecule has 2 aromatic heterocycles. The van der Waals surface area contributed by atoms with Gasteiger partial charge in [0.15, 0.2) is 4.34 Å². The molecule has 0 aliphatic heterocycles. The number of rotatable bonds is 6. The van der Waals surface area contributed by atoms with Crippen molar-refractivity contribution in [1.29, 1.82) is 0 Å². The van der Waals surface area contributed by atoms with Crippen molar-refractivity contribution in [2.75, 3.05) is 12.4 Å². The smallest absolute Gasteiger partial charge is 0.210 e. The molecule has 114 valence electrons. The lowest BCUT2D eigenvalue weighted by Crippen LogP contribution is -1.93. The van der Waals surface area contributed by atoms with Crippen LogP contribution >= 0.6 is 23.1 Å². The highest BCUT2D eigenvalue weighted by Crippen LogP contribution is 2.30. The van der Waals surface area contributed by atoms with Crippen LogP contribution in [0.1, 0.15) is 5.82 Å². The van der Waals surface area contributed by atoms with Crippen molar-refractivity contribution >= 4 is 33.9 Å². The zero-order valence-corrected chi connectivity index (χ0v) is 13.8. The number of hydrogen-bond acceptors (Lipinski definition) is 7. The summed E-state index contributed by atoms with van der Waals surface area (Å²) < 4.78 is 8.12. The third-order valence-corrected chi connectivity index (χ3v) is 4.94. The molecule has 0 radical (unpaired) electrons. The number of hydrogen-bond donors (Lipinski definition) is 1. The number of ether oxygens (including phenoxy) is 1. The van der Waals surface area contributed by atoms with Crippen LogP contribution in [0, 0.1) is 0 Å². The predicted octanol–water partition coefficient (Wildman–Crippen LogP) is 3.32. The molecule has 3 aromatic rings. The molecular weight excluding hydrogens is 318 g/mol. The third-order valence-electron chi connectivity index (χ3n) is 2.97. The Morgan fingerprint density at radius 1 is 1.36 bits per heavy atom. The highest BCUT2D eigenvalue weighted by atomic mass is 32.2. The molecule has 0 unspecified atom stereocenters. The lowest BCUT2D eigenvalue weighted by atomic mass is 10.3. The summed E-state index contributed by atoms with van der Waals surface area (Å²) in [5.41, 5.74) is 0.927. The number of nitrogens with zero attached hydrogens (tertiary/aromatic N) is 4. The molecule has 0 atom stereocenters. The van der Waals surface area contributed by atoms with Crippen LogP contribution in [0.5, 0.6) is 5.75 Å². The van der Waals surface area contributed by atoms with E-state index in [0.29, 0.717) is 0 Å². The van der Waals surface area contributed by atoms with E-state index in [2.05, 4.69) is 20.5 Å². The lowest BCUT2D eigenvalue weighted by Gasteiger charge is -2.04. The lowest BCUT2D eigenvalue weighted by molar-refractivity contribution is 0.415. The summed E-state index contributed by atoms with van der Waals surface area (Å²) in [5, 5.41) is 12.3. The Labute approximate surface area is 136 Å². The van der Waals surface area contributed by atoms with E-state index < -0.39 is 0 Å². The number of anilines is 2. The highest BCUT2D eigenvalue weighted by molar-refractivity contribution is 8.00. The normalized spacial score (nSPS) is 10.6. The fourth-order valence-electron chi connectivity index (χ4n) is 1.80. The van der Waals surface area contributed by atoms with Gasteiger partial charge in [-0.05, 0) is 12.1 Å². The molecule has 8 heteroatoms. The van der Waals surface area contributed by atoms with Crippen LogP contribution in [0.15, 0.2) is 41.0 Å². The van der Waals surface area contributed by atoms with E-state index in [4.69, 9.17) is 4.74 Å². The number of nitrogens with one attached hydrogen (secondary N) is 1. The quantitative estimate of drug-likeness (QED) is 0.698. The predicted molar refractivity (Wildman–Crippen MR) is 89.0 cm³/mol. The minimum absolute atomic E-state index is 0.760. The second-order valence-corrected chi connectivity index (χ2v) is 6.67. The Kier molecular flexibility index (Phi) is 4.59. The van der Waals surface area contributed by atoms with Gasteiger partial charge < -0.3 is 14.6 Å². The maximum atomic E-state index is 5.20. The van der Waals surface area contributed by atoms with Crippen molar-refractivity contribution in [2.24, 2.45) is 7.05 Å². The Hall–Kier alpha value is -2.06. The van der Waals surface area contributed by atoms with Gasteiger partial charge in [0.05, 0.1) is 12.9 Å². The van der Waals surface area contributed by atoms with Crippen molar-refractivity contribution < 1.29 is 4.74 Å². The van der Waals surface area contributed by atoms with Gasteiger partial charge >= 0.3 is 0 Å². The average Bonchev–Trinajstić information content (AvgIpc) is 3.14. The van der Waals surface area contributed by atoms with Gasteiger partial charge in [-0.1, -0.05) is 29.2 Å². The molecule has 1 aromatic carbocycles. The van der Waals surface area contributed by atoms with Crippen LogP contribution in [0.25, 0.3) is 0 Å².